The molecule has 3 nitrogen and oxygen atoms in total. The fourth-order valence-electron chi connectivity index (χ4n) is 6.17. The van der Waals surface area contributed by atoms with Crippen molar-refractivity contribution in [1.29, 1.82) is 0 Å². The first-order valence-electron chi connectivity index (χ1n) is 9.77. The molecule has 2 saturated heterocycles. The van der Waals surface area contributed by atoms with Gasteiger partial charge in [0.15, 0.2) is 0 Å². The van der Waals surface area contributed by atoms with Crippen LogP contribution in [0.25, 0.3) is 0 Å². The predicted octanol–water partition coefficient (Wildman–Crippen LogP) is 4.53. The first-order chi connectivity index (χ1) is 12.1. The van der Waals surface area contributed by atoms with Crippen LogP contribution in [-0.4, -0.2) is 23.3 Å². The van der Waals surface area contributed by atoms with E-state index in [2.05, 4.69) is 19.1 Å². The third kappa shape index (κ3) is 2.18. The van der Waals surface area contributed by atoms with Crippen molar-refractivity contribution in [3.8, 4) is 0 Å². The molecule has 2 aliphatic heterocycles. The van der Waals surface area contributed by atoms with Crippen LogP contribution < -0.4 is 0 Å². The Morgan fingerprint density at radius 2 is 1.88 bits per heavy atom. The van der Waals surface area contributed by atoms with Crippen molar-refractivity contribution in [2.75, 3.05) is 0 Å². The molecule has 132 valence electrons. The minimum atomic E-state index is -0.225. The van der Waals surface area contributed by atoms with Crippen molar-refractivity contribution in [3.05, 3.63) is 48.0 Å². The standard InChI is InChI=1S/C22H26O3/c1-21-13-14-22(25-21,16-9-5-6-10-16)17-11-12-18(19(17)21)24-20(23)15-7-3-2-4-8-15/h2-4,7-8,11-12,16-19H,5-6,9-10,13-14H2,1H3/t17-,18-,19-,21+,22-/m0/s1. The summed E-state index contributed by atoms with van der Waals surface area (Å²) in [6.07, 6.45) is 11.8. The number of hydrogen-bond acceptors (Lipinski definition) is 3. The maximum absolute atomic E-state index is 12.5. The minimum Gasteiger partial charge on any atom is -0.454 e. The lowest BCUT2D eigenvalue weighted by Gasteiger charge is -2.38. The molecule has 0 aromatic heterocycles. The summed E-state index contributed by atoms with van der Waals surface area (Å²) in [5.41, 5.74) is 0.470. The zero-order valence-corrected chi connectivity index (χ0v) is 14.8. The van der Waals surface area contributed by atoms with Crippen molar-refractivity contribution >= 4 is 5.97 Å². The number of benzene rings is 1. The highest BCUT2D eigenvalue weighted by Crippen LogP contribution is 2.65. The Kier molecular flexibility index (Phi) is 3.40. The molecule has 1 saturated carbocycles. The quantitative estimate of drug-likeness (QED) is 0.600. The Balaban J connectivity index is 1.40. The highest BCUT2D eigenvalue weighted by Gasteiger charge is 2.69. The van der Waals surface area contributed by atoms with E-state index in [4.69, 9.17) is 9.47 Å². The molecule has 3 fully saturated rings. The number of fused-ring (bicyclic) bond motifs is 5. The number of carbonyl (C=O) groups is 1. The molecule has 3 heteroatoms. The molecule has 0 amide bonds. The summed E-state index contributed by atoms with van der Waals surface area (Å²) in [5, 5.41) is 0. The van der Waals surface area contributed by atoms with Gasteiger partial charge >= 0.3 is 5.97 Å². The van der Waals surface area contributed by atoms with Gasteiger partial charge in [-0.2, -0.15) is 0 Å². The molecule has 5 atom stereocenters. The van der Waals surface area contributed by atoms with Gasteiger partial charge in [0.05, 0.1) is 16.8 Å². The summed E-state index contributed by atoms with van der Waals surface area (Å²) in [7, 11) is 0. The third-order valence-corrected chi connectivity index (χ3v) is 7.25. The van der Waals surface area contributed by atoms with E-state index in [1.54, 1.807) is 0 Å². The largest absolute Gasteiger partial charge is 0.454 e. The molecule has 0 unspecified atom stereocenters. The summed E-state index contributed by atoms with van der Waals surface area (Å²) < 4.78 is 12.7. The highest BCUT2D eigenvalue weighted by atomic mass is 16.6. The van der Waals surface area contributed by atoms with Gasteiger partial charge in [0.2, 0.25) is 0 Å². The fourth-order valence-corrected chi connectivity index (χ4v) is 6.17. The van der Waals surface area contributed by atoms with Crippen LogP contribution in [0.4, 0.5) is 0 Å². The van der Waals surface area contributed by atoms with Crippen molar-refractivity contribution in [2.45, 2.75) is 62.8 Å². The van der Waals surface area contributed by atoms with Gasteiger partial charge in [-0.15, -0.1) is 0 Å². The molecule has 2 heterocycles. The average molecular weight is 338 g/mol. The number of ether oxygens (including phenoxy) is 2. The van der Waals surface area contributed by atoms with E-state index in [1.807, 2.05) is 30.3 Å². The summed E-state index contributed by atoms with van der Waals surface area (Å²) in [6, 6.07) is 9.30. The minimum absolute atomic E-state index is 0.000319. The number of rotatable bonds is 3. The molecule has 25 heavy (non-hydrogen) atoms. The SMILES string of the molecule is C[C@]12CC[C@@](C3CCCC3)(O1)[C@H]1C=C[C@H](OC(=O)c3ccccc3)[C@H]12. The van der Waals surface area contributed by atoms with Crippen LogP contribution in [-0.2, 0) is 9.47 Å². The smallest absolute Gasteiger partial charge is 0.338 e. The van der Waals surface area contributed by atoms with Crippen LogP contribution in [0.2, 0.25) is 0 Å². The highest BCUT2D eigenvalue weighted by molar-refractivity contribution is 5.89. The molecular formula is C22H26O3. The number of carbonyl (C=O) groups excluding carboxylic acids is 1. The zero-order chi connectivity index (χ0) is 17.1. The van der Waals surface area contributed by atoms with Crippen LogP contribution >= 0.6 is 0 Å². The van der Waals surface area contributed by atoms with Crippen LogP contribution in [0.3, 0.4) is 0 Å². The molecule has 1 aromatic carbocycles. The average Bonchev–Trinajstić information content (AvgIpc) is 3.37. The summed E-state index contributed by atoms with van der Waals surface area (Å²) in [5.74, 6) is 1.13. The molecule has 5 rings (SSSR count). The first kappa shape index (κ1) is 15.6. The zero-order valence-electron chi connectivity index (χ0n) is 14.8. The van der Waals surface area contributed by atoms with Crippen LogP contribution in [0.1, 0.15) is 55.8 Å². The van der Waals surface area contributed by atoms with Gasteiger partial charge in [-0.1, -0.05) is 37.1 Å². The third-order valence-electron chi connectivity index (χ3n) is 7.25. The maximum Gasteiger partial charge on any atom is 0.338 e. The molecule has 2 aliphatic carbocycles. The molecule has 0 radical (unpaired) electrons. The van der Waals surface area contributed by atoms with E-state index in [1.165, 1.54) is 32.1 Å². The van der Waals surface area contributed by atoms with E-state index in [-0.39, 0.29) is 29.2 Å². The fraction of sp³-hybridized carbons (Fsp3) is 0.591. The second-order valence-electron chi connectivity index (χ2n) is 8.52. The van der Waals surface area contributed by atoms with Gasteiger partial charge < -0.3 is 9.47 Å². The van der Waals surface area contributed by atoms with E-state index < -0.39 is 0 Å². The van der Waals surface area contributed by atoms with E-state index >= 15 is 0 Å². The van der Waals surface area contributed by atoms with Crippen molar-refractivity contribution < 1.29 is 14.3 Å². The monoisotopic (exact) mass is 338 g/mol. The van der Waals surface area contributed by atoms with Crippen LogP contribution in [0.15, 0.2) is 42.5 Å². The first-order valence-corrected chi connectivity index (χ1v) is 9.77. The predicted molar refractivity (Wildman–Crippen MR) is 95.2 cm³/mol. The second-order valence-corrected chi connectivity index (χ2v) is 8.52. The summed E-state index contributed by atoms with van der Waals surface area (Å²) in [6.45, 7) is 2.24. The topological polar surface area (TPSA) is 35.5 Å². The van der Waals surface area contributed by atoms with E-state index in [0.29, 0.717) is 17.4 Å². The van der Waals surface area contributed by atoms with E-state index in [9.17, 15) is 4.79 Å². The Morgan fingerprint density at radius 1 is 1.12 bits per heavy atom. The maximum atomic E-state index is 12.5. The molecule has 4 aliphatic rings. The van der Waals surface area contributed by atoms with Crippen molar-refractivity contribution in [2.24, 2.45) is 17.8 Å². The van der Waals surface area contributed by atoms with Gasteiger partial charge in [-0.3, -0.25) is 0 Å². The summed E-state index contributed by atoms with van der Waals surface area (Å²) in [4.78, 5) is 12.5. The molecule has 2 bridgehead atoms. The number of hydrogen-bond donors (Lipinski definition) is 0. The summed E-state index contributed by atoms with van der Waals surface area (Å²) >= 11 is 0. The molecular weight excluding hydrogens is 312 g/mol. The van der Waals surface area contributed by atoms with Crippen molar-refractivity contribution in [3.63, 3.8) is 0 Å². The Labute approximate surface area is 149 Å². The van der Waals surface area contributed by atoms with Gasteiger partial charge in [-0.25, -0.2) is 4.79 Å². The Hall–Kier alpha value is -1.61. The molecule has 0 N–H and O–H groups in total. The van der Waals surface area contributed by atoms with Crippen LogP contribution in [0.5, 0.6) is 0 Å². The van der Waals surface area contributed by atoms with Gasteiger partial charge in [0.1, 0.15) is 6.10 Å². The van der Waals surface area contributed by atoms with Gasteiger partial charge in [-0.05, 0) is 56.7 Å². The molecule has 1 aromatic rings. The number of esters is 1. The molecule has 0 spiro atoms. The Bertz CT molecular complexity index is 705. The van der Waals surface area contributed by atoms with Crippen molar-refractivity contribution in [1.82, 2.24) is 0 Å². The lowest BCUT2D eigenvalue weighted by Crippen LogP contribution is -2.45. The van der Waals surface area contributed by atoms with E-state index in [0.717, 1.165) is 6.42 Å². The van der Waals surface area contributed by atoms with Crippen LogP contribution in [0, 0.1) is 17.8 Å². The second kappa shape index (κ2) is 5.44. The van der Waals surface area contributed by atoms with Gasteiger partial charge in [0.25, 0.3) is 0 Å². The lowest BCUT2D eigenvalue weighted by molar-refractivity contribution is -0.0877. The van der Waals surface area contributed by atoms with Gasteiger partial charge in [0, 0.05) is 11.8 Å². The Morgan fingerprint density at radius 3 is 2.64 bits per heavy atom. The normalized spacial score (nSPS) is 42.0. The lowest BCUT2D eigenvalue weighted by atomic mass is 9.63.